The molecule has 0 saturated carbocycles. The fourth-order valence-electron chi connectivity index (χ4n) is 3.68. The number of nitrogens with two attached hydrogens (primary N) is 1. The van der Waals surface area contributed by atoms with Crippen molar-refractivity contribution in [3.63, 3.8) is 0 Å². The standard InChI is InChI=1S/C23H38N6O6/c1-7-11-28(6)16(30)13-25-22(35)27-18(23(3,4)5)21(34)29-12-9-10-15(29)20(33)26-14(8-2)17(31)19(24)32/h7,14-15,18H,1,8-13H2,2-6H3,(H2,24,32)(H,26,33)(H2,25,27,35). The molecule has 1 rings (SSSR count). The van der Waals surface area contributed by atoms with Crippen LogP contribution in [-0.2, 0) is 24.0 Å². The third-order valence-corrected chi connectivity index (χ3v) is 5.74. The van der Waals surface area contributed by atoms with Gasteiger partial charge in [-0.15, -0.1) is 6.58 Å². The van der Waals surface area contributed by atoms with Crippen LogP contribution in [0.25, 0.3) is 0 Å². The molecule has 1 aliphatic heterocycles. The van der Waals surface area contributed by atoms with E-state index in [-0.39, 0.29) is 25.4 Å². The predicted octanol–water partition coefficient (Wildman–Crippen LogP) is -0.715. The number of primary amides is 1. The zero-order valence-electron chi connectivity index (χ0n) is 21.2. The van der Waals surface area contributed by atoms with Crippen LogP contribution >= 0.6 is 0 Å². The van der Waals surface area contributed by atoms with Gasteiger partial charge in [-0.05, 0) is 24.7 Å². The fraction of sp³-hybridized carbons (Fsp3) is 0.652. The Balaban J connectivity index is 2.92. The number of carbonyl (C=O) groups is 6. The van der Waals surface area contributed by atoms with Crippen LogP contribution in [0.4, 0.5) is 4.79 Å². The van der Waals surface area contributed by atoms with Crippen LogP contribution in [0.2, 0.25) is 0 Å². The minimum absolute atomic E-state index is 0.168. The summed E-state index contributed by atoms with van der Waals surface area (Å²) >= 11 is 0. The Bertz CT molecular complexity index is 852. The Morgan fingerprint density at radius 1 is 1.17 bits per heavy atom. The number of nitrogens with zero attached hydrogens (tertiary/aromatic N) is 2. The topological polar surface area (TPSA) is 171 Å². The van der Waals surface area contributed by atoms with Crippen molar-refractivity contribution in [3.8, 4) is 0 Å². The van der Waals surface area contributed by atoms with Crippen molar-refractivity contribution in [2.75, 3.05) is 26.7 Å². The minimum Gasteiger partial charge on any atom is -0.363 e. The van der Waals surface area contributed by atoms with Crippen LogP contribution in [0, 0.1) is 5.41 Å². The summed E-state index contributed by atoms with van der Waals surface area (Å²) in [7, 11) is 1.57. The van der Waals surface area contributed by atoms with E-state index in [1.54, 1.807) is 40.8 Å². The summed E-state index contributed by atoms with van der Waals surface area (Å²) in [6, 6.07) is -3.62. The van der Waals surface area contributed by atoms with Gasteiger partial charge in [0.1, 0.15) is 12.1 Å². The van der Waals surface area contributed by atoms with Gasteiger partial charge < -0.3 is 31.5 Å². The number of hydrogen-bond acceptors (Lipinski definition) is 6. The molecule has 0 aromatic rings. The Morgan fingerprint density at radius 3 is 2.31 bits per heavy atom. The number of urea groups is 1. The van der Waals surface area contributed by atoms with Gasteiger partial charge in [-0.1, -0.05) is 33.8 Å². The lowest BCUT2D eigenvalue weighted by Crippen LogP contribution is -2.60. The monoisotopic (exact) mass is 494 g/mol. The summed E-state index contributed by atoms with van der Waals surface area (Å²) in [5.74, 6) is -3.41. The highest BCUT2D eigenvalue weighted by Gasteiger charge is 2.42. The number of rotatable bonds is 11. The molecule has 5 N–H and O–H groups in total. The van der Waals surface area contributed by atoms with Gasteiger partial charge >= 0.3 is 6.03 Å². The van der Waals surface area contributed by atoms with Crippen LogP contribution < -0.4 is 21.7 Å². The quantitative estimate of drug-likeness (QED) is 0.218. The SMILES string of the molecule is C=CCN(C)C(=O)CNC(=O)NC(C(=O)N1CCCC1C(=O)NC(CC)C(=O)C(N)=O)C(C)(C)C. The van der Waals surface area contributed by atoms with E-state index in [9.17, 15) is 28.8 Å². The zero-order chi connectivity index (χ0) is 26.9. The van der Waals surface area contributed by atoms with Crippen molar-refractivity contribution < 1.29 is 28.8 Å². The van der Waals surface area contributed by atoms with Gasteiger partial charge in [0, 0.05) is 20.1 Å². The highest BCUT2D eigenvalue weighted by atomic mass is 16.2. The van der Waals surface area contributed by atoms with Crippen LogP contribution in [-0.4, -0.2) is 90.1 Å². The minimum atomic E-state index is -1.14. The predicted molar refractivity (Wildman–Crippen MR) is 129 cm³/mol. The highest BCUT2D eigenvalue weighted by molar-refractivity contribution is 6.37. The summed E-state index contributed by atoms with van der Waals surface area (Å²) < 4.78 is 0. The van der Waals surface area contributed by atoms with Gasteiger partial charge in [0.05, 0.1) is 12.6 Å². The molecule has 0 spiro atoms. The Kier molecular flexibility index (Phi) is 10.9. The van der Waals surface area contributed by atoms with Crippen molar-refractivity contribution >= 4 is 35.4 Å². The average Bonchev–Trinajstić information content (AvgIpc) is 3.27. The van der Waals surface area contributed by atoms with Crippen molar-refractivity contribution in [1.29, 1.82) is 0 Å². The van der Waals surface area contributed by atoms with Crippen molar-refractivity contribution in [3.05, 3.63) is 12.7 Å². The fourth-order valence-corrected chi connectivity index (χ4v) is 3.68. The number of likely N-dealkylation sites (N-methyl/N-ethyl adjacent to an activating group) is 1. The van der Waals surface area contributed by atoms with E-state index in [1.165, 1.54) is 9.80 Å². The molecule has 1 fully saturated rings. The van der Waals surface area contributed by atoms with Crippen molar-refractivity contribution in [1.82, 2.24) is 25.8 Å². The molecule has 35 heavy (non-hydrogen) atoms. The Hall–Kier alpha value is -3.44. The normalized spacial score (nSPS) is 17.1. The maximum atomic E-state index is 13.4. The van der Waals surface area contributed by atoms with E-state index in [2.05, 4.69) is 22.5 Å². The third-order valence-electron chi connectivity index (χ3n) is 5.74. The highest BCUT2D eigenvalue weighted by Crippen LogP contribution is 2.26. The number of hydrogen-bond donors (Lipinski definition) is 4. The summed E-state index contributed by atoms with van der Waals surface area (Å²) in [5.41, 5.74) is 4.33. The molecule has 3 unspecified atom stereocenters. The van der Waals surface area contributed by atoms with Gasteiger partial charge in [-0.3, -0.25) is 24.0 Å². The summed E-state index contributed by atoms with van der Waals surface area (Å²) in [4.78, 5) is 76.8. The second kappa shape index (κ2) is 12.9. The molecule has 0 radical (unpaired) electrons. The van der Waals surface area contributed by atoms with E-state index >= 15 is 0 Å². The van der Waals surface area contributed by atoms with E-state index < -0.39 is 53.1 Å². The molecule has 0 aliphatic carbocycles. The molecule has 1 heterocycles. The molecule has 3 atom stereocenters. The van der Waals surface area contributed by atoms with Gasteiger partial charge in [-0.2, -0.15) is 0 Å². The van der Waals surface area contributed by atoms with E-state index in [1.807, 2.05) is 0 Å². The summed E-state index contributed by atoms with van der Waals surface area (Å²) in [6.07, 6.45) is 2.65. The number of likely N-dealkylation sites (tertiary alicyclic amines) is 1. The summed E-state index contributed by atoms with van der Waals surface area (Å²) in [6.45, 7) is 10.8. The van der Waals surface area contributed by atoms with Crippen LogP contribution in [0.3, 0.4) is 0 Å². The number of ketones is 1. The molecule has 0 aromatic carbocycles. The Labute approximate surface area is 206 Å². The van der Waals surface area contributed by atoms with Crippen LogP contribution in [0.1, 0.15) is 47.0 Å². The number of amides is 6. The summed E-state index contributed by atoms with van der Waals surface area (Å²) in [5, 5.41) is 7.59. The van der Waals surface area contributed by atoms with Gasteiger partial charge in [0.2, 0.25) is 23.5 Å². The molecule has 1 saturated heterocycles. The van der Waals surface area contributed by atoms with E-state index in [0.29, 0.717) is 19.4 Å². The lowest BCUT2D eigenvalue weighted by molar-refractivity contribution is -0.143. The smallest absolute Gasteiger partial charge is 0.315 e. The molecular formula is C23H38N6O6. The number of Topliss-reactive ketones (excluding diaryl/α,β-unsaturated/α-hetero) is 1. The first-order chi connectivity index (χ1) is 16.2. The molecule has 6 amide bonds. The van der Waals surface area contributed by atoms with Crippen molar-refractivity contribution in [2.45, 2.75) is 65.1 Å². The molecular weight excluding hydrogens is 456 g/mol. The number of carbonyl (C=O) groups excluding carboxylic acids is 6. The molecule has 1 aliphatic rings. The van der Waals surface area contributed by atoms with Gasteiger partial charge in [0.15, 0.2) is 0 Å². The first-order valence-corrected chi connectivity index (χ1v) is 11.6. The zero-order valence-corrected chi connectivity index (χ0v) is 21.2. The third kappa shape index (κ3) is 8.37. The van der Waals surface area contributed by atoms with Gasteiger partial charge in [0.25, 0.3) is 5.91 Å². The van der Waals surface area contributed by atoms with Gasteiger partial charge in [-0.25, -0.2) is 4.79 Å². The lowest BCUT2D eigenvalue weighted by Gasteiger charge is -2.35. The first kappa shape index (κ1) is 29.6. The first-order valence-electron chi connectivity index (χ1n) is 11.6. The maximum Gasteiger partial charge on any atom is 0.315 e. The lowest BCUT2D eigenvalue weighted by atomic mass is 9.85. The average molecular weight is 495 g/mol. The van der Waals surface area contributed by atoms with Crippen LogP contribution in [0.15, 0.2) is 12.7 Å². The van der Waals surface area contributed by atoms with E-state index in [0.717, 1.165) is 0 Å². The molecule has 0 aromatic heterocycles. The molecule has 0 bridgehead atoms. The second-order valence-electron chi connectivity index (χ2n) is 9.58. The second-order valence-corrected chi connectivity index (χ2v) is 9.58. The van der Waals surface area contributed by atoms with Crippen molar-refractivity contribution in [2.24, 2.45) is 11.1 Å². The van der Waals surface area contributed by atoms with E-state index in [4.69, 9.17) is 5.73 Å². The Morgan fingerprint density at radius 2 is 1.80 bits per heavy atom. The maximum absolute atomic E-state index is 13.4. The molecule has 12 nitrogen and oxygen atoms in total. The number of nitrogens with one attached hydrogen (secondary N) is 3. The largest absolute Gasteiger partial charge is 0.363 e. The molecule has 12 heteroatoms. The molecule has 196 valence electrons. The van der Waals surface area contributed by atoms with Crippen LogP contribution in [0.5, 0.6) is 0 Å².